The van der Waals surface area contributed by atoms with E-state index in [0.29, 0.717) is 18.7 Å². The Bertz CT molecular complexity index is 858. The van der Waals surface area contributed by atoms with Gasteiger partial charge >= 0.3 is 6.09 Å². The molecule has 0 radical (unpaired) electrons. The third kappa shape index (κ3) is 6.05. The molecule has 0 atom stereocenters. The number of nitrogens with zero attached hydrogens (tertiary/aromatic N) is 3. The van der Waals surface area contributed by atoms with E-state index >= 15 is 0 Å². The minimum Gasteiger partial charge on any atom is -0.444 e. The second-order valence-electron chi connectivity index (χ2n) is 9.68. The van der Waals surface area contributed by atoms with E-state index in [1.54, 1.807) is 27.0 Å². The number of amides is 1. The Hall–Kier alpha value is -2.49. The SMILES string of the molecule is CC(C)(C)OC(=O)N1CC(F)(CN2CCC(N=Cc3cc(N)c(C(F)F)cc3N)CC2)C1. The molecule has 2 fully saturated rings. The number of hydrogen-bond acceptors (Lipinski definition) is 6. The van der Waals surface area contributed by atoms with E-state index in [0.717, 1.165) is 12.8 Å². The molecule has 1 amide bonds. The average Bonchev–Trinajstić information content (AvgIpc) is 2.66. The normalized spacial score (nSPS) is 20.0. The minimum atomic E-state index is -2.68. The molecule has 2 saturated heterocycles. The highest BCUT2D eigenvalue weighted by Crippen LogP contribution is 2.30. The molecule has 0 bridgehead atoms. The zero-order valence-corrected chi connectivity index (χ0v) is 18.8. The van der Waals surface area contributed by atoms with Gasteiger partial charge in [0.05, 0.1) is 19.1 Å². The molecule has 2 heterocycles. The zero-order chi connectivity index (χ0) is 23.7. The number of benzene rings is 1. The molecule has 1 aromatic carbocycles. The third-order valence-corrected chi connectivity index (χ3v) is 5.61. The maximum Gasteiger partial charge on any atom is 0.410 e. The van der Waals surface area contributed by atoms with Crippen molar-refractivity contribution < 1.29 is 22.7 Å². The Labute approximate surface area is 186 Å². The summed E-state index contributed by atoms with van der Waals surface area (Å²) in [4.78, 5) is 20.0. The summed E-state index contributed by atoms with van der Waals surface area (Å²) in [6, 6.07) is 2.64. The third-order valence-electron chi connectivity index (χ3n) is 5.61. The van der Waals surface area contributed by atoms with Crippen LogP contribution in [0.2, 0.25) is 0 Å². The molecule has 0 aromatic heterocycles. The number of likely N-dealkylation sites (tertiary alicyclic amines) is 2. The van der Waals surface area contributed by atoms with Gasteiger partial charge in [0.25, 0.3) is 6.43 Å². The lowest BCUT2D eigenvalue weighted by Gasteiger charge is -2.47. The molecule has 2 aliphatic rings. The molecule has 178 valence electrons. The highest BCUT2D eigenvalue weighted by atomic mass is 19.3. The maximum atomic E-state index is 15.0. The van der Waals surface area contributed by atoms with Crippen LogP contribution in [0.1, 0.15) is 51.2 Å². The summed E-state index contributed by atoms with van der Waals surface area (Å²) in [5.41, 5.74) is 9.93. The molecule has 0 saturated carbocycles. The summed E-state index contributed by atoms with van der Waals surface area (Å²) in [5, 5.41) is 0. The van der Waals surface area contributed by atoms with Crippen molar-refractivity contribution in [3.63, 3.8) is 0 Å². The van der Waals surface area contributed by atoms with Gasteiger partial charge in [-0.1, -0.05) is 0 Å². The van der Waals surface area contributed by atoms with Gasteiger partial charge in [0, 0.05) is 48.4 Å². The number of carbonyl (C=O) groups excluding carboxylic acids is 1. The quantitative estimate of drug-likeness (QED) is 0.522. The highest BCUT2D eigenvalue weighted by molar-refractivity contribution is 5.89. The molecule has 0 aliphatic carbocycles. The standard InChI is InChI=1S/C22H32F3N5O2/c1-21(2,3)32-20(31)30-12-22(25,13-30)11-29-6-4-15(5-7-29)28-10-14-8-18(27)16(19(23)24)9-17(14)26/h8-10,15,19H,4-7,11-13,26-27H2,1-3H3. The number of nitrogens with two attached hydrogens (primary N) is 2. The molecule has 10 heteroatoms. The summed E-state index contributed by atoms with van der Waals surface area (Å²) >= 11 is 0. The minimum absolute atomic E-state index is 0.0142. The van der Waals surface area contributed by atoms with E-state index in [-0.39, 0.29) is 42.6 Å². The van der Waals surface area contributed by atoms with Crippen LogP contribution in [0.3, 0.4) is 0 Å². The van der Waals surface area contributed by atoms with E-state index in [2.05, 4.69) is 4.99 Å². The number of nitrogen functional groups attached to an aromatic ring is 2. The van der Waals surface area contributed by atoms with Crippen LogP contribution in [-0.4, -0.2) is 72.1 Å². The van der Waals surface area contributed by atoms with E-state index < -0.39 is 23.8 Å². The van der Waals surface area contributed by atoms with Gasteiger partial charge in [0.2, 0.25) is 0 Å². The number of aliphatic imine (C=N–C) groups is 1. The van der Waals surface area contributed by atoms with Gasteiger partial charge in [-0.2, -0.15) is 0 Å². The first-order valence-electron chi connectivity index (χ1n) is 10.7. The number of rotatable bonds is 5. The van der Waals surface area contributed by atoms with Crippen molar-refractivity contribution in [1.29, 1.82) is 0 Å². The number of ether oxygens (including phenoxy) is 1. The summed E-state index contributed by atoms with van der Waals surface area (Å²) in [6.45, 7) is 7.04. The number of halogens is 3. The number of carbonyl (C=O) groups is 1. The van der Waals surface area contributed by atoms with E-state index in [1.165, 1.54) is 17.0 Å². The molecular formula is C22H32F3N5O2. The van der Waals surface area contributed by atoms with E-state index in [9.17, 15) is 18.0 Å². The van der Waals surface area contributed by atoms with Crippen LogP contribution in [0.4, 0.5) is 29.3 Å². The summed E-state index contributed by atoms with van der Waals surface area (Å²) < 4.78 is 46.0. The molecule has 7 nitrogen and oxygen atoms in total. The first-order chi connectivity index (χ1) is 14.8. The first kappa shape index (κ1) is 24.2. The van der Waals surface area contributed by atoms with Crippen LogP contribution in [0, 0.1) is 0 Å². The van der Waals surface area contributed by atoms with Crippen molar-refractivity contribution in [2.75, 3.05) is 44.2 Å². The monoisotopic (exact) mass is 455 g/mol. The van der Waals surface area contributed by atoms with Crippen LogP contribution >= 0.6 is 0 Å². The van der Waals surface area contributed by atoms with Gasteiger partial charge in [-0.3, -0.25) is 9.89 Å². The van der Waals surface area contributed by atoms with Crippen molar-refractivity contribution in [3.8, 4) is 0 Å². The molecule has 32 heavy (non-hydrogen) atoms. The number of piperidine rings is 1. The second kappa shape index (κ2) is 9.17. The van der Waals surface area contributed by atoms with Crippen molar-refractivity contribution in [1.82, 2.24) is 9.80 Å². The van der Waals surface area contributed by atoms with Gasteiger partial charge in [0.15, 0.2) is 5.67 Å². The Morgan fingerprint density at radius 1 is 1.25 bits per heavy atom. The topological polar surface area (TPSA) is 97.2 Å². The fourth-order valence-electron chi connectivity index (χ4n) is 3.98. The van der Waals surface area contributed by atoms with Crippen LogP contribution in [0.5, 0.6) is 0 Å². The van der Waals surface area contributed by atoms with Crippen LogP contribution < -0.4 is 11.5 Å². The molecular weight excluding hydrogens is 423 g/mol. The Morgan fingerprint density at radius 2 is 1.88 bits per heavy atom. The van der Waals surface area contributed by atoms with Crippen molar-refractivity contribution in [3.05, 3.63) is 23.3 Å². The molecule has 3 rings (SSSR count). The molecule has 1 aromatic rings. The summed E-state index contributed by atoms with van der Waals surface area (Å²) in [5.74, 6) is 0. The Kier molecular flexibility index (Phi) is 6.92. The zero-order valence-electron chi connectivity index (χ0n) is 18.8. The van der Waals surface area contributed by atoms with Crippen molar-refractivity contribution in [2.24, 2.45) is 4.99 Å². The molecule has 0 unspecified atom stereocenters. The van der Waals surface area contributed by atoms with E-state index in [4.69, 9.17) is 16.2 Å². The lowest BCUT2D eigenvalue weighted by atomic mass is 9.94. The summed E-state index contributed by atoms with van der Waals surface area (Å²) in [7, 11) is 0. The van der Waals surface area contributed by atoms with Gasteiger partial charge in [-0.15, -0.1) is 0 Å². The molecule has 0 spiro atoms. The van der Waals surface area contributed by atoms with E-state index in [1.807, 2.05) is 4.90 Å². The van der Waals surface area contributed by atoms with Gasteiger partial charge < -0.3 is 21.1 Å². The Balaban J connectivity index is 1.46. The first-order valence-corrected chi connectivity index (χ1v) is 10.7. The smallest absolute Gasteiger partial charge is 0.410 e. The maximum absolute atomic E-state index is 15.0. The van der Waals surface area contributed by atoms with Crippen molar-refractivity contribution in [2.45, 2.75) is 57.3 Å². The number of hydrogen-bond donors (Lipinski definition) is 2. The second-order valence-corrected chi connectivity index (χ2v) is 9.68. The van der Waals surface area contributed by atoms with Gasteiger partial charge in [-0.05, 0) is 45.7 Å². The highest BCUT2D eigenvalue weighted by Gasteiger charge is 2.48. The molecule has 2 aliphatic heterocycles. The number of anilines is 2. The van der Waals surface area contributed by atoms with Crippen LogP contribution in [0.15, 0.2) is 17.1 Å². The predicted molar refractivity (Wildman–Crippen MR) is 119 cm³/mol. The number of alkyl halides is 3. The van der Waals surface area contributed by atoms with Crippen LogP contribution in [-0.2, 0) is 4.74 Å². The largest absolute Gasteiger partial charge is 0.444 e. The van der Waals surface area contributed by atoms with Gasteiger partial charge in [0.1, 0.15) is 5.60 Å². The molecule has 4 N–H and O–H groups in total. The fraction of sp³-hybridized carbons (Fsp3) is 0.636. The predicted octanol–water partition coefficient (Wildman–Crippen LogP) is 3.63. The lowest BCUT2D eigenvalue weighted by Crippen LogP contribution is -2.66. The van der Waals surface area contributed by atoms with Gasteiger partial charge in [-0.25, -0.2) is 18.0 Å². The summed E-state index contributed by atoms with van der Waals surface area (Å²) in [6.07, 6.45) is -0.110. The fourth-order valence-corrected chi connectivity index (χ4v) is 3.98. The van der Waals surface area contributed by atoms with Crippen molar-refractivity contribution >= 4 is 23.7 Å². The Morgan fingerprint density at radius 3 is 2.44 bits per heavy atom. The van der Waals surface area contributed by atoms with Crippen LogP contribution in [0.25, 0.3) is 0 Å². The lowest BCUT2D eigenvalue weighted by molar-refractivity contribution is -0.0659. The average molecular weight is 456 g/mol.